The molecular weight excluding hydrogens is 212 g/mol. The van der Waals surface area contributed by atoms with Crippen LogP contribution in [0.5, 0.6) is 5.75 Å². The summed E-state index contributed by atoms with van der Waals surface area (Å²) in [6.07, 6.45) is 0. The minimum Gasteiger partial charge on any atom is -0.491 e. The number of benzene rings is 2. The first-order valence-corrected chi connectivity index (χ1v) is 5.58. The first-order valence-electron chi connectivity index (χ1n) is 5.58. The van der Waals surface area contributed by atoms with Gasteiger partial charge < -0.3 is 9.47 Å². The topological polar surface area (TPSA) is 18.5 Å². The van der Waals surface area contributed by atoms with Gasteiger partial charge in [-0.25, -0.2) is 0 Å². The summed E-state index contributed by atoms with van der Waals surface area (Å²) in [7, 11) is 1.67. The number of ether oxygens (including phenoxy) is 2. The van der Waals surface area contributed by atoms with Crippen molar-refractivity contribution in [1.82, 2.24) is 0 Å². The van der Waals surface area contributed by atoms with Crippen molar-refractivity contribution < 1.29 is 9.47 Å². The molecule has 2 heteroatoms. The van der Waals surface area contributed by atoms with Crippen molar-refractivity contribution >= 4 is 0 Å². The highest BCUT2D eigenvalue weighted by molar-refractivity contribution is 5.63. The zero-order valence-corrected chi connectivity index (χ0v) is 9.85. The van der Waals surface area contributed by atoms with Crippen LogP contribution in [0.2, 0.25) is 0 Å². The van der Waals surface area contributed by atoms with E-state index in [0.29, 0.717) is 13.2 Å². The van der Waals surface area contributed by atoms with Crippen molar-refractivity contribution in [2.24, 2.45) is 0 Å². The van der Waals surface area contributed by atoms with E-state index in [1.54, 1.807) is 7.11 Å². The third-order valence-electron chi connectivity index (χ3n) is 2.46. The van der Waals surface area contributed by atoms with Crippen LogP contribution in [-0.2, 0) is 4.74 Å². The molecule has 0 aliphatic heterocycles. The molecule has 0 N–H and O–H groups in total. The van der Waals surface area contributed by atoms with Gasteiger partial charge in [-0.2, -0.15) is 0 Å². The number of methoxy groups -OCH3 is 1. The van der Waals surface area contributed by atoms with Gasteiger partial charge in [0.25, 0.3) is 0 Å². The van der Waals surface area contributed by atoms with Crippen molar-refractivity contribution in [3.63, 3.8) is 0 Å². The van der Waals surface area contributed by atoms with Crippen molar-refractivity contribution in [2.75, 3.05) is 20.3 Å². The van der Waals surface area contributed by atoms with Crippen molar-refractivity contribution in [1.29, 1.82) is 0 Å². The van der Waals surface area contributed by atoms with Gasteiger partial charge in [0.1, 0.15) is 12.4 Å². The number of hydrogen-bond donors (Lipinski definition) is 0. The van der Waals surface area contributed by atoms with Crippen LogP contribution in [-0.4, -0.2) is 20.3 Å². The summed E-state index contributed by atoms with van der Waals surface area (Å²) in [5.41, 5.74) is 2.37. The molecule has 0 amide bonds. The molecule has 0 heterocycles. The van der Waals surface area contributed by atoms with Crippen LogP contribution in [0.1, 0.15) is 0 Å². The molecule has 0 fully saturated rings. The Morgan fingerprint density at radius 2 is 1.53 bits per heavy atom. The molecule has 2 aromatic carbocycles. The zero-order chi connectivity index (χ0) is 11.9. The maximum atomic E-state index is 5.51. The maximum absolute atomic E-state index is 5.51. The largest absolute Gasteiger partial charge is 0.491 e. The van der Waals surface area contributed by atoms with E-state index in [1.165, 1.54) is 11.1 Å². The van der Waals surface area contributed by atoms with E-state index in [0.717, 1.165) is 5.75 Å². The van der Waals surface area contributed by atoms with E-state index in [1.807, 2.05) is 36.4 Å². The number of rotatable bonds is 5. The Bertz CT molecular complexity index is 434. The minimum atomic E-state index is 0.580. The lowest BCUT2D eigenvalue weighted by atomic mass is 10.1. The number of hydrogen-bond acceptors (Lipinski definition) is 2. The Morgan fingerprint density at radius 1 is 0.882 bits per heavy atom. The summed E-state index contributed by atoms with van der Waals surface area (Å²) < 4.78 is 10.4. The third kappa shape index (κ3) is 3.33. The second-order valence-corrected chi connectivity index (χ2v) is 3.65. The van der Waals surface area contributed by atoms with Gasteiger partial charge >= 0.3 is 0 Å². The summed E-state index contributed by atoms with van der Waals surface area (Å²) >= 11 is 0. The Balaban J connectivity index is 2.03. The standard InChI is InChI=1S/C15H15O2/c1-16-11-12-17-15-9-7-14(8-10-15)13-5-3-2-4-6-13/h3-10H,11-12H2,1H3. The van der Waals surface area contributed by atoms with Crippen LogP contribution in [0, 0.1) is 6.07 Å². The Kier molecular flexibility index (Phi) is 4.17. The lowest BCUT2D eigenvalue weighted by Crippen LogP contribution is -2.03. The smallest absolute Gasteiger partial charge is 0.119 e. The average molecular weight is 227 g/mol. The highest BCUT2D eigenvalue weighted by Gasteiger charge is 1.97. The third-order valence-corrected chi connectivity index (χ3v) is 2.46. The summed E-state index contributed by atoms with van der Waals surface area (Å²) in [4.78, 5) is 0. The summed E-state index contributed by atoms with van der Waals surface area (Å²) in [6, 6.07) is 19.0. The Hall–Kier alpha value is -1.80. The van der Waals surface area contributed by atoms with Crippen LogP contribution in [0.4, 0.5) is 0 Å². The van der Waals surface area contributed by atoms with Gasteiger partial charge in [-0.3, -0.25) is 0 Å². The molecule has 0 aromatic heterocycles. The lowest BCUT2D eigenvalue weighted by molar-refractivity contribution is 0.146. The van der Waals surface area contributed by atoms with E-state index in [2.05, 4.69) is 18.2 Å². The van der Waals surface area contributed by atoms with Crippen LogP contribution < -0.4 is 4.74 Å². The molecule has 2 nitrogen and oxygen atoms in total. The van der Waals surface area contributed by atoms with Gasteiger partial charge in [0.2, 0.25) is 0 Å². The Labute approximate surface area is 102 Å². The molecule has 0 bridgehead atoms. The molecule has 0 saturated heterocycles. The predicted molar refractivity (Wildman–Crippen MR) is 68.1 cm³/mol. The van der Waals surface area contributed by atoms with Crippen LogP contribution in [0.3, 0.4) is 0 Å². The second-order valence-electron chi connectivity index (χ2n) is 3.65. The predicted octanol–water partition coefficient (Wildman–Crippen LogP) is 3.18. The zero-order valence-electron chi connectivity index (χ0n) is 9.85. The highest BCUT2D eigenvalue weighted by Crippen LogP contribution is 2.21. The van der Waals surface area contributed by atoms with Gasteiger partial charge in [0.05, 0.1) is 6.61 Å². The molecule has 17 heavy (non-hydrogen) atoms. The molecule has 2 rings (SSSR count). The Morgan fingerprint density at radius 3 is 2.18 bits per heavy atom. The molecule has 2 aromatic rings. The first-order chi connectivity index (χ1) is 8.40. The fourth-order valence-corrected chi connectivity index (χ4v) is 1.57. The quantitative estimate of drug-likeness (QED) is 0.730. The second kappa shape index (κ2) is 6.06. The summed E-state index contributed by atoms with van der Waals surface area (Å²) in [6.45, 7) is 1.19. The van der Waals surface area contributed by atoms with Gasteiger partial charge in [0, 0.05) is 7.11 Å². The summed E-state index contributed by atoms with van der Waals surface area (Å²) in [5, 5.41) is 0. The van der Waals surface area contributed by atoms with E-state index in [4.69, 9.17) is 9.47 Å². The fraction of sp³-hybridized carbons (Fsp3) is 0.200. The molecule has 1 radical (unpaired) electrons. The van der Waals surface area contributed by atoms with Gasteiger partial charge in [-0.15, -0.1) is 0 Å². The average Bonchev–Trinajstić information content (AvgIpc) is 2.41. The fourth-order valence-electron chi connectivity index (χ4n) is 1.57. The molecule has 0 aliphatic carbocycles. The molecule has 0 spiro atoms. The minimum absolute atomic E-state index is 0.580. The molecule has 87 valence electrons. The van der Waals surface area contributed by atoms with Crippen LogP contribution >= 0.6 is 0 Å². The highest BCUT2D eigenvalue weighted by atomic mass is 16.5. The molecule has 0 atom stereocenters. The SMILES string of the molecule is COCCOc1ccc(-c2cc[c]cc2)cc1. The van der Waals surface area contributed by atoms with Gasteiger partial charge in [0.15, 0.2) is 0 Å². The summed E-state index contributed by atoms with van der Waals surface area (Å²) in [5.74, 6) is 0.869. The van der Waals surface area contributed by atoms with E-state index < -0.39 is 0 Å². The van der Waals surface area contributed by atoms with E-state index in [-0.39, 0.29) is 0 Å². The maximum Gasteiger partial charge on any atom is 0.119 e. The van der Waals surface area contributed by atoms with E-state index in [9.17, 15) is 0 Å². The molecule has 0 aliphatic rings. The van der Waals surface area contributed by atoms with Crippen molar-refractivity contribution in [3.05, 3.63) is 54.6 Å². The van der Waals surface area contributed by atoms with Crippen LogP contribution in [0.15, 0.2) is 48.5 Å². The monoisotopic (exact) mass is 227 g/mol. The lowest BCUT2D eigenvalue weighted by Gasteiger charge is -2.06. The molecular formula is C15H15O2. The van der Waals surface area contributed by atoms with Crippen LogP contribution in [0.25, 0.3) is 11.1 Å². The van der Waals surface area contributed by atoms with Crippen molar-refractivity contribution in [2.45, 2.75) is 0 Å². The van der Waals surface area contributed by atoms with Gasteiger partial charge in [-0.05, 0) is 29.3 Å². The molecule has 0 saturated carbocycles. The molecule has 0 unspecified atom stereocenters. The first kappa shape index (κ1) is 11.7. The van der Waals surface area contributed by atoms with Crippen molar-refractivity contribution in [3.8, 4) is 16.9 Å². The van der Waals surface area contributed by atoms with E-state index >= 15 is 0 Å². The van der Waals surface area contributed by atoms with Gasteiger partial charge in [-0.1, -0.05) is 36.4 Å². The normalized spacial score (nSPS) is 10.2.